The Morgan fingerprint density at radius 3 is 2.76 bits per heavy atom. The van der Waals surface area contributed by atoms with E-state index in [-0.39, 0.29) is 16.3 Å². The number of anilines is 1. The molecule has 1 aromatic heterocycles. The Kier molecular flexibility index (Phi) is 4.82. The number of urea groups is 1. The average Bonchev–Trinajstić information content (AvgIpc) is 2.91. The van der Waals surface area contributed by atoms with Crippen LogP contribution in [0.15, 0.2) is 35.0 Å². The maximum absolute atomic E-state index is 12.1. The highest BCUT2D eigenvalue weighted by Gasteiger charge is 2.17. The monoisotopic (exact) mass is 324 g/mol. The molecule has 2 aromatic rings. The molecule has 5 nitrogen and oxygen atoms in total. The standard InChI is InChI=1S/C14H13ClN2O3S/c1-17(7-9-5-6-21-8-9)14(20)16-11-4-2-3-10(15)12(11)13(18)19/h2-6,8H,7H2,1H3,(H,16,20)(H,18,19). The first-order valence-electron chi connectivity index (χ1n) is 6.04. The number of carboxylic acid groups (broad SMARTS) is 1. The minimum Gasteiger partial charge on any atom is -0.478 e. The zero-order valence-electron chi connectivity index (χ0n) is 11.2. The second-order valence-electron chi connectivity index (χ2n) is 4.39. The molecule has 0 saturated carbocycles. The molecule has 1 aromatic carbocycles. The topological polar surface area (TPSA) is 69.6 Å². The molecule has 0 atom stereocenters. The lowest BCUT2D eigenvalue weighted by Gasteiger charge is -2.18. The van der Waals surface area contributed by atoms with E-state index in [1.807, 2.05) is 16.8 Å². The van der Waals surface area contributed by atoms with Crippen LogP contribution >= 0.6 is 22.9 Å². The molecule has 7 heteroatoms. The summed E-state index contributed by atoms with van der Waals surface area (Å²) in [6.07, 6.45) is 0. The average molecular weight is 325 g/mol. The maximum Gasteiger partial charge on any atom is 0.339 e. The highest BCUT2D eigenvalue weighted by molar-refractivity contribution is 7.07. The third-order valence-corrected chi connectivity index (χ3v) is 3.86. The van der Waals surface area contributed by atoms with Crippen molar-refractivity contribution in [1.29, 1.82) is 0 Å². The Morgan fingerprint density at radius 1 is 1.38 bits per heavy atom. The van der Waals surface area contributed by atoms with Gasteiger partial charge in [-0.25, -0.2) is 9.59 Å². The fraction of sp³-hybridized carbons (Fsp3) is 0.143. The van der Waals surface area contributed by atoms with Gasteiger partial charge in [-0.05, 0) is 34.5 Å². The largest absolute Gasteiger partial charge is 0.478 e. The normalized spacial score (nSPS) is 10.2. The van der Waals surface area contributed by atoms with Crippen molar-refractivity contribution in [3.05, 3.63) is 51.2 Å². The number of benzene rings is 1. The van der Waals surface area contributed by atoms with Gasteiger partial charge in [0.05, 0.1) is 10.7 Å². The number of halogens is 1. The van der Waals surface area contributed by atoms with Gasteiger partial charge in [-0.15, -0.1) is 0 Å². The van der Waals surface area contributed by atoms with Gasteiger partial charge in [-0.3, -0.25) is 0 Å². The number of aromatic carboxylic acids is 1. The van der Waals surface area contributed by atoms with Crippen molar-refractivity contribution in [1.82, 2.24) is 4.90 Å². The molecule has 110 valence electrons. The predicted octanol–water partition coefficient (Wildman–Crippen LogP) is 3.76. The summed E-state index contributed by atoms with van der Waals surface area (Å²) in [5.41, 5.74) is 1.08. The summed E-state index contributed by atoms with van der Waals surface area (Å²) in [7, 11) is 1.64. The van der Waals surface area contributed by atoms with Crippen molar-refractivity contribution in [3.63, 3.8) is 0 Å². The van der Waals surface area contributed by atoms with Crippen LogP contribution in [0.3, 0.4) is 0 Å². The van der Waals surface area contributed by atoms with Crippen LogP contribution in [0.2, 0.25) is 5.02 Å². The van der Waals surface area contributed by atoms with E-state index in [9.17, 15) is 9.59 Å². The molecule has 2 amide bonds. The number of nitrogens with zero attached hydrogens (tertiary/aromatic N) is 1. The molecule has 0 unspecified atom stereocenters. The molecule has 0 fully saturated rings. The van der Waals surface area contributed by atoms with Gasteiger partial charge < -0.3 is 15.3 Å². The Hall–Kier alpha value is -2.05. The van der Waals surface area contributed by atoms with Crippen molar-refractivity contribution >= 4 is 40.6 Å². The molecule has 0 saturated heterocycles. The van der Waals surface area contributed by atoms with E-state index in [0.29, 0.717) is 6.54 Å². The van der Waals surface area contributed by atoms with Crippen LogP contribution in [0, 0.1) is 0 Å². The van der Waals surface area contributed by atoms with Gasteiger partial charge in [-0.2, -0.15) is 11.3 Å². The first-order chi connectivity index (χ1) is 9.99. The third kappa shape index (κ3) is 3.74. The second-order valence-corrected chi connectivity index (χ2v) is 5.57. The Labute approximate surface area is 130 Å². The van der Waals surface area contributed by atoms with Crippen molar-refractivity contribution < 1.29 is 14.7 Å². The molecule has 0 spiro atoms. The lowest BCUT2D eigenvalue weighted by molar-refractivity contribution is 0.0698. The van der Waals surface area contributed by atoms with Crippen LogP contribution in [-0.2, 0) is 6.54 Å². The van der Waals surface area contributed by atoms with Crippen molar-refractivity contribution in [3.8, 4) is 0 Å². The molecule has 2 N–H and O–H groups in total. The first kappa shape index (κ1) is 15.3. The molecule has 0 aliphatic heterocycles. The van der Waals surface area contributed by atoms with Crippen LogP contribution in [0.25, 0.3) is 0 Å². The lowest BCUT2D eigenvalue weighted by Crippen LogP contribution is -2.31. The molecule has 0 radical (unpaired) electrons. The zero-order chi connectivity index (χ0) is 15.4. The van der Waals surface area contributed by atoms with E-state index in [4.69, 9.17) is 16.7 Å². The van der Waals surface area contributed by atoms with E-state index in [2.05, 4.69) is 5.32 Å². The van der Waals surface area contributed by atoms with E-state index in [1.165, 1.54) is 17.0 Å². The Bertz CT molecular complexity index is 658. The summed E-state index contributed by atoms with van der Waals surface area (Å²) >= 11 is 7.41. The summed E-state index contributed by atoms with van der Waals surface area (Å²) in [6.45, 7) is 0.443. The quantitative estimate of drug-likeness (QED) is 0.899. The minimum atomic E-state index is -1.18. The fourth-order valence-corrected chi connectivity index (χ4v) is 2.70. The molecule has 2 rings (SSSR count). The highest BCUT2D eigenvalue weighted by Crippen LogP contribution is 2.24. The number of amides is 2. The summed E-state index contributed by atoms with van der Waals surface area (Å²) in [5, 5.41) is 15.7. The van der Waals surface area contributed by atoms with Crippen LogP contribution < -0.4 is 5.32 Å². The third-order valence-electron chi connectivity index (χ3n) is 2.82. The van der Waals surface area contributed by atoms with Gasteiger partial charge in [0, 0.05) is 13.6 Å². The van der Waals surface area contributed by atoms with Gasteiger partial charge >= 0.3 is 12.0 Å². The highest BCUT2D eigenvalue weighted by atomic mass is 35.5. The first-order valence-corrected chi connectivity index (χ1v) is 7.36. The summed E-state index contributed by atoms with van der Waals surface area (Å²) in [4.78, 5) is 24.8. The second kappa shape index (κ2) is 6.60. The predicted molar refractivity (Wildman–Crippen MR) is 83.2 cm³/mol. The maximum atomic E-state index is 12.1. The smallest absolute Gasteiger partial charge is 0.339 e. The summed E-state index contributed by atoms with van der Waals surface area (Å²) in [6, 6.07) is 6.09. The summed E-state index contributed by atoms with van der Waals surface area (Å²) in [5.74, 6) is -1.18. The summed E-state index contributed by atoms with van der Waals surface area (Å²) < 4.78 is 0. The van der Waals surface area contributed by atoms with E-state index >= 15 is 0 Å². The Balaban J connectivity index is 2.12. The number of thiophene rings is 1. The van der Waals surface area contributed by atoms with Gasteiger partial charge in [-0.1, -0.05) is 17.7 Å². The number of carbonyl (C=O) groups excluding carboxylic acids is 1. The van der Waals surface area contributed by atoms with Crippen LogP contribution in [-0.4, -0.2) is 29.1 Å². The van der Waals surface area contributed by atoms with Crippen molar-refractivity contribution in [2.45, 2.75) is 6.54 Å². The molecular weight excluding hydrogens is 312 g/mol. The van der Waals surface area contributed by atoms with Crippen molar-refractivity contribution in [2.75, 3.05) is 12.4 Å². The lowest BCUT2D eigenvalue weighted by atomic mass is 10.2. The fourth-order valence-electron chi connectivity index (χ4n) is 1.78. The zero-order valence-corrected chi connectivity index (χ0v) is 12.7. The number of carbonyl (C=O) groups is 2. The number of hydrogen-bond acceptors (Lipinski definition) is 3. The minimum absolute atomic E-state index is 0.0841. The SMILES string of the molecule is CN(Cc1ccsc1)C(=O)Nc1cccc(Cl)c1C(=O)O. The van der Waals surface area contributed by atoms with Gasteiger partial charge in [0.15, 0.2) is 0 Å². The molecule has 0 bridgehead atoms. The molecular formula is C14H13ClN2O3S. The van der Waals surface area contributed by atoms with E-state index in [1.54, 1.807) is 24.5 Å². The number of nitrogens with one attached hydrogen (secondary N) is 1. The number of hydrogen-bond donors (Lipinski definition) is 2. The molecule has 21 heavy (non-hydrogen) atoms. The van der Waals surface area contributed by atoms with Gasteiger partial charge in [0.25, 0.3) is 0 Å². The van der Waals surface area contributed by atoms with Crippen LogP contribution in [0.1, 0.15) is 15.9 Å². The van der Waals surface area contributed by atoms with Crippen LogP contribution in [0.4, 0.5) is 10.5 Å². The molecule has 1 heterocycles. The number of rotatable bonds is 4. The number of carboxylic acids is 1. The van der Waals surface area contributed by atoms with E-state index < -0.39 is 12.0 Å². The molecule has 0 aliphatic carbocycles. The van der Waals surface area contributed by atoms with Crippen LogP contribution in [0.5, 0.6) is 0 Å². The van der Waals surface area contributed by atoms with E-state index in [0.717, 1.165) is 5.56 Å². The van der Waals surface area contributed by atoms with Crippen molar-refractivity contribution in [2.24, 2.45) is 0 Å². The van der Waals surface area contributed by atoms with Gasteiger partial charge in [0.2, 0.25) is 0 Å². The molecule has 0 aliphatic rings. The Morgan fingerprint density at radius 2 is 2.14 bits per heavy atom. The van der Waals surface area contributed by atoms with Gasteiger partial charge in [0.1, 0.15) is 5.56 Å².